The van der Waals surface area contributed by atoms with Crippen molar-refractivity contribution in [2.45, 2.75) is 31.8 Å². The standard InChI is InChI=1S/C11H16BrNOS2/c1-8(10-2-3-11(12)15-10)13-9-4-6-16(14)7-5-9/h2-3,8-9,13H,4-7H2,1H3. The highest BCUT2D eigenvalue weighted by molar-refractivity contribution is 9.11. The van der Waals surface area contributed by atoms with E-state index in [1.54, 1.807) is 11.3 Å². The molecule has 0 aliphatic carbocycles. The molecule has 0 radical (unpaired) electrons. The fourth-order valence-electron chi connectivity index (χ4n) is 1.96. The number of rotatable bonds is 3. The summed E-state index contributed by atoms with van der Waals surface area (Å²) in [6.45, 7) is 2.20. The molecule has 0 saturated carbocycles. The maximum Gasteiger partial charge on any atom is 0.0701 e. The van der Waals surface area contributed by atoms with Gasteiger partial charge in [0.15, 0.2) is 0 Å². The molecule has 2 rings (SSSR count). The molecule has 1 aliphatic rings. The van der Waals surface area contributed by atoms with E-state index < -0.39 is 10.8 Å². The van der Waals surface area contributed by atoms with Crippen molar-refractivity contribution >= 4 is 38.1 Å². The monoisotopic (exact) mass is 321 g/mol. The van der Waals surface area contributed by atoms with E-state index in [-0.39, 0.29) is 0 Å². The largest absolute Gasteiger partial charge is 0.307 e. The van der Waals surface area contributed by atoms with Gasteiger partial charge in [0, 0.05) is 39.3 Å². The summed E-state index contributed by atoms with van der Waals surface area (Å²) in [6, 6.07) is 5.18. The molecule has 1 N–H and O–H groups in total. The van der Waals surface area contributed by atoms with Crippen molar-refractivity contribution in [1.82, 2.24) is 5.32 Å². The van der Waals surface area contributed by atoms with Gasteiger partial charge in [-0.3, -0.25) is 4.21 Å². The predicted molar refractivity (Wildman–Crippen MR) is 74.5 cm³/mol. The minimum Gasteiger partial charge on any atom is -0.307 e. The summed E-state index contributed by atoms with van der Waals surface area (Å²) in [5.41, 5.74) is 0. The van der Waals surface area contributed by atoms with Gasteiger partial charge in [0.25, 0.3) is 0 Å². The molecule has 1 aliphatic heterocycles. The van der Waals surface area contributed by atoms with Crippen LogP contribution in [-0.4, -0.2) is 21.8 Å². The van der Waals surface area contributed by atoms with Crippen molar-refractivity contribution < 1.29 is 4.21 Å². The van der Waals surface area contributed by atoms with Crippen molar-refractivity contribution in [1.29, 1.82) is 0 Å². The molecule has 0 aromatic carbocycles. The van der Waals surface area contributed by atoms with Gasteiger partial charge >= 0.3 is 0 Å². The number of hydrogen-bond acceptors (Lipinski definition) is 3. The van der Waals surface area contributed by atoms with Gasteiger partial charge in [0.1, 0.15) is 0 Å². The summed E-state index contributed by atoms with van der Waals surface area (Å²) in [7, 11) is -0.561. The number of thiophene rings is 1. The van der Waals surface area contributed by atoms with E-state index >= 15 is 0 Å². The summed E-state index contributed by atoms with van der Waals surface area (Å²) in [5.74, 6) is 1.72. The van der Waals surface area contributed by atoms with Crippen LogP contribution >= 0.6 is 27.3 Å². The Hall–Kier alpha value is 0.290. The van der Waals surface area contributed by atoms with Crippen LogP contribution in [-0.2, 0) is 10.8 Å². The minimum atomic E-state index is -0.561. The van der Waals surface area contributed by atoms with E-state index in [0.717, 1.165) is 24.3 Å². The molecule has 1 aromatic rings. The zero-order valence-electron chi connectivity index (χ0n) is 9.24. The molecule has 16 heavy (non-hydrogen) atoms. The average Bonchev–Trinajstić information content (AvgIpc) is 2.68. The van der Waals surface area contributed by atoms with Gasteiger partial charge in [-0.1, -0.05) is 0 Å². The fourth-order valence-corrected chi connectivity index (χ4v) is 4.69. The molecule has 1 unspecified atom stereocenters. The van der Waals surface area contributed by atoms with Crippen molar-refractivity contribution in [3.8, 4) is 0 Å². The highest BCUT2D eigenvalue weighted by atomic mass is 79.9. The van der Waals surface area contributed by atoms with Gasteiger partial charge in [-0.05, 0) is 47.8 Å². The van der Waals surface area contributed by atoms with Gasteiger partial charge in [0.05, 0.1) is 3.79 Å². The van der Waals surface area contributed by atoms with Crippen LogP contribution in [0.15, 0.2) is 15.9 Å². The molecule has 2 heterocycles. The molecule has 90 valence electrons. The third-order valence-corrected chi connectivity index (χ3v) is 6.08. The van der Waals surface area contributed by atoms with Crippen LogP contribution in [0.1, 0.15) is 30.7 Å². The Morgan fingerprint density at radius 2 is 2.19 bits per heavy atom. The molecule has 5 heteroatoms. The van der Waals surface area contributed by atoms with Gasteiger partial charge in [-0.2, -0.15) is 0 Å². The summed E-state index contributed by atoms with van der Waals surface area (Å²) in [6.07, 6.45) is 2.09. The second-order valence-corrected chi connectivity index (χ2v) is 8.34. The Labute approximate surface area is 111 Å². The van der Waals surface area contributed by atoms with Gasteiger partial charge in [-0.25, -0.2) is 0 Å². The summed E-state index contributed by atoms with van der Waals surface area (Å²) < 4.78 is 12.4. The molecule has 0 amide bonds. The third-order valence-electron chi connectivity index (χ3n) is 2.89. The van der Waals surface area contributed by atoms with Crippen molar-refractivity contribution in [2.75, 3.05) is 11.5 Å². The first kappa shape index (κ1) is 12.7. The predicted octanol–water partition coefficient (Wildman–Crippen LogP) is 3.07. The highest BCUT2D eigenvalue weighted by Crippen LogP contribution is 2.28. The van der Waals surface area contributed by atoms with Crippen molar-refractivity contribution in [2.24, 2.45) is 0 Å². The fraction of sp³-hybridized carbons (Fsp3) is 0.636. The summed E-state index contributed by atoms with van der Waals surface area (Å²) in [5, 5.41) is 3.62. The first-order valence-corrected chi connectivity index (χ1v) is 8.61. The molecule has 1 fully saturated rings. The molecule has 1 aromatic heterocycles. The van der Waals surface area contributed by atoms with Crippen LogP contribution in [0.25, 0.3) is 0 Å². The van der Waals surface area contributed by atoms with Gasteiger partial charge in [-0.15, -0.1) is 11.3 Å². The van der Waals surface area contributed by atoms with Crippen LogP contribution in [0.2, 0.25) is 0 Å². The van der Waals surface area contributed by atoms with Crippen LogP contribution in [0.4, 0.5) is 0 Å². The highest BCUT2D eigenvalue weighted by Gasteiger charge is 2.20. The number of hydrogen-bond donors (Lipinski definition) is 1. The van der Waals surface area contributed by atoms with E-state index in [4.69, 9.17) is 0 Å². The second-order valence-electron chi connectivity index (χ2n) is 4.15. The Bertz CT molecular complexity index is 370. The van der Waals surface area contributed by atoms with Gasteiger partial charge in [0.2, 0.25) is 0 Å². The number of nitrogens with one attached hydrogen (secondary N) is 1. The molecular weight excluding hydrogens is 306 g/mol. The maximum absolute atomic E-state index is 11.2. The topological polar surface area (TPSA) is 29.1 Å². The lowest BCUT2D eigenvalue weighted by Crippen LogP contribution is -2.36. The molecular formula is C11H16BrNOS2. The zero-order valence-corrected chi connectivity index (χ0v) is 12.5. The van der Waals surface area contributed by atoms with E-state index in [2.05, 4.69) is 40.3 Å². The van der Waals surface area contributed by atoms with E-state index in [0.29, 0.717) is 12.1 Å². The summed E-state index contributed by atoms with van der Waals surface area (Å²) >= 11 is 5.26. The second kappa shape index (κ2) is 5.76. The summed E-state index contributed by atoms with van der Waals surface area (Å²) in [4.78, 5) is 1.36. The lowest BCUT2D eigenvalue weighted by molar-refractivity contribution is 0.430. The Morgan fingerprint density at radius 1 is 1.50 bits per heavy atom. The minimum absolute atomic E-state index is 0.396. The lowest BCUT2D eigenvalue weighted by atomic mass is 10.1. The van der Waals surface area contributed by atoms with Crippen LogP contribution in [0.5, 0.6) is 0 Å². The van der Waals surface area contributed by atoms with E-state index in [9.17, 15) is 4.21 Å². The lowest BCUT2D eigenvalue weighted by Gasteiger charge is -2.25. The molecule has 0 spiro atoms. The maximum atomic E-state index is 11.2. The van der Waals surface area contributed by atoms with Crippen LogP contribution in [0.3, 0.4) is 0 Å². The third kappa shape index (κ3) is 3.39. The van der Waals surface area contributed by atoms with Crippen LogP contribution in [0, 0.1) is 0 Å². The first-order chi connectivity index (χ1) is 7.65. The zero-order chi connectivity index (χ0) is 11.5. The Morgan fingerprint density at radius 3 is 2.75 bits per heavy atom. The average molecular weight is 322 g/mol. The van der Waals surface area contributed by atoms with Gasteiger partial charge < -0.3 is 5.32 Å². The molecule has 1 saturated heterocycles. The Balaban J connectivity index is 1.87. The van der Waals surface area contributed by atoms with Crippen molar-refractivity contribution in [3.63, 3.8) is 0 Å². The smallest absolute Gasteiger partial charge is 0.0701 e. The Kier molecular flexibility index (Phi) is 4.58. The molecule has 2 nitrogen and oxygen atoms in total. The van der Waals surface area contributed by atoms with Crippen LogP contribution < -0.4 is 5.32 Å². The van der Waals surface area contributed by atoms with E-state index in [1.165, 1.54) is 8.66 Å². The quantitative estimate of drug-likeness (QED) is 0.927. The first-order valence-electron chi connectivity index (χ1n) is 5.51. The SMILES string of the molecule is CC(NC1CCS(=O)CC1)c1ccc(Br)s1. The number of halogens is 1. The molecule has 0 bridgehead atoms. The van der Waals surface area contributed by atoms with E-state index in [1.807, 2.05) is 0 Å². The normalized spacial score (nSPS) is 27.9. The molecule has 1 atom stereocenters. The van der Waals surface area contributed by atoms with Crippen molar-refractivity contribution in [3.05, 3.63) is 20.8 Å².